The van der Waals surface area contributed by atoms with Gasteiger partial charge in [0.2, 0.25) is 0 Å². The molecule has 1 aromatic carbocycles. The maximum atomic E-state index is 12.1. The van der Waals surface area contributed by atoms with Gasteiger partial charge in [-0.15, -0.1) is 0 Å². The lowest BCUT2D eigenvalue weighted by Crippen LogP contribution is -2.10. The minimum Gasteiger partial charge on any atom is -0.332 e. The molecule has 0 fully saturated rings. The zero-order chi connectivity index (χ0) is 8.48. The Kier molecular flexibility index (Phi) is 2.25. The van der Waals surface area contributed by atoms with Gasteiger partial charge in [-0.2, -0.15) is 8.78 Å². The van der Waals surface area contributed by atoms with Crippen molar-refractivity contribution in [3.8, 4) is 0 Å². The third-order valence-electron chi connectivity index (χ3n) is 1.19. The van der Waals surface area contributed by atoms with Crippen LogP contribution in [-0.4, -0.2) is 5.11 Å². The number of benzene rings is 1. The quantitative estimate of drug-likeness (QED) is 0.775. The number of rotatable bonds is 1. The largest absolute Gasteiger partial charge is 0.380 e. The summed E-state index contributed by atoms with van der Waals surface area (Å²) in [6.07, 6.45) is -3.74. The zero-order valence-electron chi connectivity index (χ0n) is 5.39. The van der Waals surface area contributed by atoms with E-state index < -0.39 is 11.7 Å². The SMILES string of the molecule is OC(F)(F)c1ccc(Br)cc1. The van der Waals surface area contributed by atoms with Crippen LogP contribution in [-0.2, 0) is 6.11 Å². The summed E-state index contributed by atoms with van der Waals surface area (Å²) >= 11 is 3.09. The lowest BCUT2D eigenvalue weighted by Gasteiger charge is -2.07. The van der Waals surface area contributed by atoms with E-state index in [1.54, 1.807) is 0 Å². The Balaban J connectivity index is 2.99. The topological polar surface area (TPSA) is 20.2 Å². The number of aliphatic hydroxyl groups is 1. The van der Waals surface area contributed by atoms with E-state index in [4.69, 9.17) is 5.11 Å². The highest BCUT2D eigenvalue weighted by Crippen LogP contribution is 2.25. The Morgan fingerprint density at radius 1 is 1.18 bits per heavy atom. The molecule has 0 atom stereocenters. The van der Waals surface area contributed by atoms with E-state index in [0.29, 0.717) is 4.47 Å². The molecular weight excluding hydrogens is 218 g/mol. The van der Waals surface area contributed by atoms with E-state index in [1.807, 2.05) is 0 Å². The van der Waals surface area contributed by atoms with E-state index >= 15 is 0 Å². The second kappa shape index (κ2) is 2.87. The fraction of sp³-hybridized carbons (Fsp3) is 0.143. The minimum absolute atomic E-state index is 0.402. The van der Waals surface area contributed by atoms with Crippen molar-refractivity contribution in [3.63, 3.8) is 0 Å². The van der Waals surface area contributed by atoms with Crippen LogP contribution in [0.5, 0.6) is 0 Å². The molecule has 0 saturated heterocycles. The molecule has 1 aromatic rings. The monoisotopic (exact) mass is 222 g/mol. The van der Waals surface area contributed by atoms with E-state index in [-0.39, 0.29) is 0 Å². The summed E-state index contributed by atoms with van der Waals surface area (Å²) in [6, 6.07) is 5.20. The Hall–Kier alpha value is -0.480. The van der Waals surface area contributed by atoms with Crippen molar-refractivity contribution in [2.75, 3.05) is 0 Å². The lowest BCUT2D eigenvalue weighted by atomic mass is 10.2. The van der Waals surface area contributed by atoms with Gasteiger partial charge < -0.3 is 5.11 Å². The normalized spacial score (nSPS) is 11.6. The van der Waals surface area contributed by atoms with Crippen molar-refractivity contribution in [1.29, 1.82) is 0 Å². The van der Waals surface area contributed by atoms with Gasteiger partial charge in [0.05, 0.1) is 5.56 Å². The van der Waals surface area contributed by atoms with Crippen molar-refractivity contribution in [1.82, 2.24) is 0 Å². The zero-order valence-corrected chi connectivity index (χ0v) is 6.98. The van der Waals surface area contributed by atoms with E-state index in [1.165, 1.54) is 12.1 Å². The van der Waals surface area contributed by atoms with E-state index in [2.05, 4.69) is 15.9 Å². The number of halogens is 3. The molecule has 11 heavy (non-hydrogen) atoms. The Labute approximate surface area is 70.8 Å². The van der Waals surface area contributed by atoms with Gasteiger partial charge in [0, 0.05) is 4.47 Å². The standard InChI is InChI=1S/C7H5BrF2O/c8-6-3-1-5(2-4-6)7(9,10)11/h1-4,11H. The summed E-state index contributed by atoms with van der Waals surface area (Å²) in [5.74, 6) is 0. The van der Waals surface area contributed by atoms with Gasteiger partial charge in [-0.05, 0) is 24.3 Å². The highest BCUT2D eigenvalue weighted by Gasteiger charge is 2.26. The highest BCUT2D eigenvalue weighted by atomic mass is 79.9. The first-order chi connectivity index (χ1) is 5.00. The number of alkyl halides is 2. The Morgan fingerprint density at radius 3 is 2.00 bits per heavy atom. The number of hydrogen-bond acceptors (Lipinski definition) is 1. The first-order valence-electron chi connectivity index (χ1n) is 2.86. The van der Waals surface area contributed by atoms with Crippen LogP contribution in [0, 0.1) is 0 Å². The third-order valence-corrected chi connectivity index (χ3v) is 1.72. The molecule has 0 bridgehead atoms. The molecular formula is C7H5BrF2O. The molecule has 1 rings (SSSR count). The second-order valence-corrected chi connectivity index (χ2v) is 2.96. The van der Waals surface area contributed by atoms with E-state index in [0.717, 1.165) is 12.1 Å². The maximum absolute atomic E-state index is 12.1. The first-order valence-corrected chi connectivity index (χ1v) is 3.65. The van der Waals surface area contributed by atoms with E-state index in [9.17, 15) is 8.78 Å². The summed E-state index contributed by atoms with van der Waals surface area (Å²) < 4.78 is 25.0. The van der Waals surface area contributed by atoms with Crippen molar-refractivity contribution >= 4 is 15.9 Å². The van der Waals surface area contributed by atoms with Crippen molar-refractivity contribution in [3.05, 3.63) is 34.3 Å². The van der Waals surface area contributed by atoms with Crippen LogP contribution < -0.4 is 0 Å². The van der Waals surface area contributed by atoms with Crippen LogP contribution >= 0.6 is 15.9 Å². The molecule has 1 N–H and O–H groups in total. The fourth-order valence-corrected chi connectivity index (χ4v) is 0.915. The smallest absolute Gasteiger partial charge is 0.332 e. The van der Waals surface area contributed by atoms with Crippen LogP contribution in [0.1, 0.15) is 5.56 Å². The summed E-state index contributed by atoms with van der Waals surface area (Å²) in [7, 11) is 0. The molecule has 0 aliphatic heterocycles. The van der Waals surface area contributed by atoms with Gasteiger partial charge in [0.1, 0.15) is 0 Å². The molecule has 4 heteroatoms. The van der Waals surface area contributed by atoms with Crippen LogP contribution in [0.2, 0.25) is 0 Å². The molecule has 0 aromatic heterocycles. The summed E-state index contributed by atoms with van der Waals surface area (Å²) in [4.78, 5) is 0. The molecule has 0 spiro atoms. The summed E-state index contributed by atoms with van der Waals surface area (Å²) in [6.45, 7) is 0. The van der Waals surface area contributed by atoms with Crippen molar-refractivity contribution in [2.24, 2.45) is 0 Å². The fourth-order valence-electron chi connectivity index (χ4n) is 0.650. The molecule has 0 heterocycles. The van der Waals surface area contributed by atoms with Gasteiger partial charge >= 0.3 is 6.11 Å². The minimum atomic E-state index is -3.74. The summed E-state index contributed by atoms with van der Waals surface area (Å²) in [5, 5.41) is 8.23. The molecule has 0 aliphatic carbocycles. The molecule has 0 radical (unpaired) electrons. The van der Waals surface area contributed by atoms with Crippen molar-refractivity contribution < 1.29 is 13.9 Å². The van der Waals surface area contributed by atoms with Gasteiger partial charge in [-0.25, -0.2) is 0 Å². The number of hydrogen-bond donors (Lipinski definition) is 1. The predicted octanol–water partition coefficient (Wildman–Crippen LogP) is 2.49. The second-order valence-electron chi connectivity index (χ2n) is 2.05. The van der Waals surface area contributed by atoms with Crippen LogP contribution in [0.3, 0.4) is 0 Å². The van der Waals surface area contributed by atoms with Gasteiger partial charge in [0.15, 0.2) is 0 Å². The molecule has 0 unspecified atom stereocenters. The molecule has 1 nitrogen and oxygen atoms in total. The van der Waals surface area contributed by atoms with Crippen LogP contribution in [0.25, 0.3) is 0 Å². The molecule has 0 amide bonds. The Bertz CT molecular complexity index is 240. The highest BCUT2D eigenvalue weighted by molar-refractivity contribution is 9.10. The molecule has 60 valence electrons. The molecule has 0 aliphatic rings. The predicted molar refractivity (Wildman–Crippen MR) is 40.3 cm³/mol. The first kappa shape index (κ1) is 8.62. The van der Waals surface area contributed by atoms with Gasteiger partial charge in [-0.3, -0.25) is 0 Å². The van der Waals surface area contributed by atoms with Gasteiger partial charge in [0.25, 0.3) is 0 Å². The van der Waals surface area contributed by atoms with Gasteiger partial charge in [-0.1, -0.05) is 15.9 Å². The maximum Gasteiger partial charge on any atom is 0.380 e. The average molecular weight is 223 g/mol. The third kappa shape index (κ3) is 2.24. The van der Waals surface area contributed by atoms with Crippen molar-refractivity contribution in [2.45, 2.75) is 6.11 Å². The molecule has 0 saturated carbocycles. The summed E-state index contributed by atoms with van der Waals surface area (Å²) in [5.41, 5.74) is -0.402. The van der Waals surface area contributed by atoms with Crippen LogP contribution in [0.4, 0.5) is 8.78 Å². The Morgan fingerprint density at radius 2 is 1.64 bits per heavy atom. The lowest BCUT2D eigenvalue weighted by molar-refractivity contribution is -0.208. The average Bonchev–Trinajstić information content (AvgIpc) is 1.86. The van der Waals surface area contributed by atoms with Crippen LogP contribution in [0.15, 0.2) is 28.7 Å².